The molecule has 0 aromatic heterocycles. The monoisotopic (exact) mass is 279 g/mol. The van der Waals surface area contributed by atoms with E-state index in [1.165, 1.54) is 16.7 Å². The molecule has 1 aromatic rings. The average Bonchev–Trinajstić information content (AvgIpc) is 2.45. The van der Waals surface area contributed by atoms with E-state index in [2.05, 4.69) is 45.1 Å². The van der Waals surface area contributed by atoms with E-state index in [0.29, 0.717) is 6.61 Å². The highest BCUT2D eigenvalue weighted by molar-refractivity contribution is 5.41. The summed E-state index contributed by atoms with van der Waals surface area (Å²) < 4.78 is 5.92. The minimum absolute atomic E-state index is 0.166. The van der Waals surface area contributed by atoms with E-state index in [-0.39, 0.29) is 12.1 Å². The van der Waals surface area contributed by atoms with Crippen LogP contribution in [0.25, 0.3) is 0 Å². The third-order valence-corrected chi connectivity index (χ3v) is 4.33. The van der Waals surface area contributed by atoms with Crippen molar-refractivity contribution >= 4 is 0 Å². The molecule has 1 atom stereocenters. The van der Waals surface area contributed by atoms with Crippen LogP contribution in [0, 0.1) is 20.8 Å². The predicted molar refractivity (Wildman–Crippen MR) is 84.5 cm³/mol. The maximum atomic E-state index is 9.51. The van der Waals surface area contributed by atoms with Crippen molar-refractivity contribution in [3.05, 3.63) is 28.8 Å². The van der Waals surface area contributed by atoms with Crippen molar-refractivity contribution in [3.63, 3.8) is 0 Å². The minimum Gasteiger partial charge on any atom is -0.493 e. The van der Waals surface area contributed by atoms with Gasteiger partial charge in [-0.25, -0.2) is 0 Å². The van der Waals surface area contributed by atoms with Gasteiger partial charge in [-0.05, 0) is 69.8 Å². The number of benzene rings is 1. The molecule has 0 fully saturated rings. The van der Waals surface area contributed by atoms with Gasteiger partial charge in [0.1, 0.15) is 5.75 Å². The SMILES string of the molecule is CCC(CO)(CCCOc1cc(C)cc(C)c1C)NC. The summed E-state index contributed by atoms with van der Waals surface area (Å²) in [4.78, 5) is 0. The van der Waals surface area contributed by atoms with Crippen LogP contribution in [0.5, 0.6) is 5.75 Å². The quantitative estimate of drug-likeness (QED) is 0.718. The van der Waals surface area contributed by atoms with Crippen molar-refractivity contribution in [3.8, 4) is 5.75 Å². The van der Waals surface area contributed by atoms with Crippen LogP contribution in [0.3, 0.4) is 0 Å². The molecule has 0 spiro atoms. The number of rotatable bonds is 8. The Kier molecular flexibility index (Phi) is 6.50. The van der Waals surface area contributed by atoms with Gasteiger partial charge in [-0.1, -0.05) is 13.0 Å². The lowest BCUT2D eigenvalue weighted by Crippen LogP contribution is -2.46. The summed E-state index contributed by atoms with van der Waals surface area (Å²) in [5, 5.41) is 12.7. The lowest BCUT2D eigenvalue weighted by atomic mass is 9.92. The zero-order chi connectivity index (χ0) is 15.2. The molecule has 0 amide bonds. The van der Waals surface area contributed by atoms with E-state index in [9.17, 15) is 5.11 Å². The van der Waals surface area contributed by atoms with Crippen LogP contribution < -0.4 is 10.1 Å². The van der Waals surface area contributed by atoms with Crippen molar-refractivity contribution in [2.45, 2.75) is 52.5 Å². The summed E-state index contributed by atoms with van der Waals surface area (Å²) in [5.41, 5.74) is 3.55. The van der Waals surface area contributed by atoms with Crippen LogP contribution in [-0.2, 0) is 0 Å². The van der Waals surface area contributed by atoms with Gasteiger partial charge in [0.25, 0.3) is 0 Å². The van der Waals surface area contributed by atoms with E-state index < -0.39 is 0 Å². The largest absolute Gasteiger partial charge is 0.493 e. The van der Waals surface area contributed by atoms with Gasteiger partial charge in [0.05, 0.1) is 13.2 Å². The maximum Gasteiger partial charge on any atom is 0.122 e. The molecule has 1 aromatic carbocycles. The Morgan fingerprint density at radius 2 is 1.95 bits per heavy atom. The molecule has 0 saturated carbocycles. The van der Waals surface area contributed by atoms with E-state index in [0.717, 1.165) is 25.0 Å². The predicted octanol–water partition coefficient (Wildman–Crippen LogP) is 3.13. The number of aryl methyl sites for hydroxylation is 2. The molecular weight excluding hydrogens is 250 g/mol. The fraction of sp³-hybridized carbons (Fsp3) is 0.647. The molecule has 1 rings (SSSR count). The first-order valence-corrected chi connectivity index (χ1v) is 7.48. The molecule has 0 aliphatic rings. The normalized spacial score (nSPS) is 14.1. The average molecular weight is 279 g/mol. The van der Waals surface area contributed by atoms with Gasteiger partial charge in [0, 0.05) is 5.54 Å². The van der Waals surface area contributed by atoms with Crippen molar-refractivity contribution in [1.29, 1.82) is 0 Å². The third kappa shape index (κ3) is 4.22. The number of likely N-dealkylation sites (N-methyl/N-ethyl adjacent to an activating group) is 1. The van der Waals surface area contributed by atoms with Crippen LogP contribution in [0.4, 0.5) is 0 Å². The van der Waals surface area contributed by atoms with Crippen LogP contribution in [0.1, 0.15) is 42.9 Å². The van der Waals surface area contributed by atoms with Gasteiger partial charge >= 0.3 is 0 Å². The third-order valence-electron chi connectivity index (χ3n) is 4.33. The second-order valence-corrected chi connectivity index (χ2v) is 5.70. The molecule has 0 radical (unpaired) electrons. The van der Waals surface area contributed by atoms with Gasteiger partial charge in [-0.15, -0.1) is 0 Å². The molecule has 20 heavy (non-hydrogen) atoms. The smallest absolute Gasteiger partial charge is 0.122 e. The molecule has 3 nitrogen and oxygen atoms in total. The molecule has 0 heterocycles. The van der Waals surface area contributed by atoms with Gasteiger partial charge in [0.2, 0.25) is 0 Å². The van der Waals surface area contributed by atoms with E-state index in [4.69, 9.17) is 4.74 Å². The maximum absolute atomic E-state index is 9.51. The van der Waals surface area contributed by atoms with E-state index in [1.54, 1.807) is 0 Å². The van der Waals surface area contributed by atoms with Gasteiger partial charge in [-0.2, -0.15) is 0 Å². The Hall–Kier alpha value is -1.06. The molecule has 0 bridgehead atoms. The van der Waals surface area contributed by atoms with E-state index in [1.807, 2.05) is 7.05 Å². The molecule has 0 aliphatic heterocycles. The zero-order valence-corrected chi connectivity index (χ0v) is 13.5. The zero-order valence-electron chi connectivity index (χ0n) is 13.5. The molecule has 3 heteroatoms. The fourth-order valence-electron chi connectivity index (χ4n) is 2.49. The fourth-order valence-corrected chi connectivity index (χ4v) is 2.49. The van der Waals surface area contributed by atoms with Crippen LogP contribution >= 0.6 is 0 Å². The number of aliphatic hydroxyl groups is 1. The van der Waals surface area contributed by atoms with Crippen LogP contribution in [0.15, 0.2) is 12.1 Å². The standard InChI is InChI=1S/C17H29NO2/c1-6-17(12-19,18-5)8-7-9-20-16-11-13(2)10-14(3)15(16)4/h10-11,18-19H,6-9,12H2,1-5H3. The molecule has 0 saturated heterocycles. The Morgan fingerprint density at radius 3 is 2.50 bits per heavy atom. The second kappa shape index (κ2) is 7.65. The highest BCUT2D eigenvalue weighted by Gasteiger charge is 2.24. The van der Waals surface area contributed by atoms with Crippen LogP contribution in [-0.4, -0.2) is 30.9 Å². The first-order valence-electron chi connectivity index (χ1n) is 7.48. The number of nitrogens with one attached hydrogen (secondary N) is 1. The molecule has 114 valence electrons. The van der Waals surface area contributed by atoms with Gasteiger partial charge in [-0.3, -0.25) is 0 Å². The summed E-state index contributed by atoms with van der Waals surface area (Å²) >= 11 is 0. The van der Waals surface area contributed by atoms with Gasteiger partial charge < -0.3 is 15.2 Å². The van der Waals surface area contributed by atoms with Crippen molar-refractivity contribution in [2.75, 3.05) is 20.3 Å². The minimum atomic E-state index is -0.166. The Morgan fingerprint density at radius 1 is 1.25 bits per heavy atom. The molecule has 0 aliphatic carbocycles. The topological polar surface area (TPSA) is 41.5 Å². The van der Waals surface area contributed by atoms with Gasteiger partial charge in [0.15, 0.2) is 0 Å². The number of ether oxygens (including phenoxy) is 1. The summed E-state index contributed by atoms with van der Waals surface area (Å²) in [6.45, 7) is 9.26. The second-order valence-electron chi connectivity index (χ2n) is 5.70. The number of hydrogen-bond acceptors (Lipinski definition) is 3. The lowest BCUT2D eigenvalue weighted by molar-refractivity contribution is 0.145. The summed E-state index contributed by atoms with van der Waals surface area (Å²) in [7, 11) is 1.91. The Balaban J connectivity index is 2.53. The highest BCUT2D eigenvalue weighted by Crippen LogP contribution is 2.24. The van der Waals surface area contributed by atoms with Crippen LogP contribution in [0.2, 0.25) is 0 Å². The highest BCUT2D eigenvalue weighted by atomic mass is 16.5. The molecule has 2 N–H and O–H groups in total. The summed E-state index contributed by atoms with van der Waals surface area (Å²) in [5.74, 6) is 0.984. The Bertz CT molecular complexity index is 417. The summed E-state index contributed by atoms with van der Waals surface area (Å²) in [6, 6.07) is 4.27. The van der Waals surface area contributed by atoms with E-state index >= 15 is 0 Å². The molecule has 1 unspecified atom stereocenters. The van der Waals surface area contributed by atoms with Crippen molar-refractivity contribution in [2.24, 2.45) is 0 Å². The Labute approximate surface area is 123 Å². The first kappa shape index (κ1) is 17.0. The summed E-state index contributed by atoms with van der Waals surface area (Å²) in [6.07, 6.45) is 2.77. The van der Waals surface area contributed by atoms with Crippen molar-refractivity contribution in [1.82, 2.24) is 5.32 Å². The lowest BCUT2D eigenvalue weighted by Gasteiger charge is -2.30. The molecular formula is C17H29NO2. The van der Waals surface area contributed by atoms with Crippen molar-refractivity contribution < 1.29 is 9.84 Å². The number of aliphatic hydroxyl groups excluding tert-OH is 1. The number of hydrogen-bond donors (Lipinski definition) is 2. The first-order chi connectivity index (χ1) is 9.48.